The van der Waals surface area contributed by atoms with Crippen molar-refractivity contribution in [3.8, 4) is 23.0 Å². The summed E-state index contributed by atoms with van der Waals surface area (Å²) in [5, 5.41) is 15.6. The van der Waals surface area contributed by atoms with Crippen LogP contribution in [-0.4, -0.2) is 53.2 Å². The van der Waals surface area contributed by atoms with Crippen LogP contribution in [0.3, 0.4) is 0 Å². The van der Waals surface area contributed by atoms with Gasteiger partial charge in [-0.15, -0.1) is 5.10 Å². The first-order valence-corrected chi connectivity index (χ1v) is 10.8. The molecule has 0 bridgehead atoms. The van der Waals surface area contributed by atoms with Gasteiger partial charge in [0.15, 0.2) is 11.5 Å². The summed E-state index contributed by atoms with van der Waals surface area (Å²) in [6.07, 6.45) is 2.09. The third kappa shape index (κ3) is 3.68. The van der Waals surface area contributed by atoms with Crippen molar-refractivity contribution in [2.45, 2.75) is 24.5 Å². The molecular formula is C21H22N4O6S. The van der Waals surface area contributed by atoms with E-state index in [9.17, 15) is 9.90 Å². The second kappa shape index (κ2) is 8.58. The molecule has 1 aliphatic rings. The number of hydrogen-bond donors (Lipinski definition) is 1. The van der Waals surface area contributed by atoms with Gasteiger partial charge in [0.1, 0.15) is 22.8 Å². The second-order valence-corrected chi connectivity index (χ2v) is 7.75. The molecule has 1 N–H and O–H groups in total. The zero-order valence-electron chi connectivity index (χ0n) is 18.2. The zero-order chi connectivity index (χ0) is 23.0. The normalized spacial score (nSPS) is 15.2. The maximum atomic E-state index is 12.6. The summed E-state index contributed by atoms with van der Waals surface area (Å²) >= 11 is 1.37. The van der Waals surface area contributed by atoms with Gasteiger partial charge in [0, 0.05) is 24.1 Å². The summed E-state index contributed by atoms with van der Waals surface area (Å²) in [5.41, 5.74) is 0.398. The highest BCUT2D eigenvalue weighted by atomic mass is 32.2. The van der Waals surface area contributed by atoms with Crippen LogP contribution in [0.4, 0.5) is 5.95 Å². The number of hydrogen-bond acceptors (Lipinski definition) is 10. The van der Waals surface area contributed by atoms with Gasteiger partial charge in [-0.3, -0.25) is 0 Å². The van der Waals surface area contributed by atoms with Gasteiger partial charge < -0.3 is 23.7 Å². The molecule has 3 aromatic rings. The van der Waals surface area contributed by atoms with Gasteiger partial charge in [-0.1, -0.05) is 11.8 Å². The van der Waals surface area contributed by atoms with Crippen LogP contribution < -0.4 is 19.8 Å². The van der Waals surface area contributed by atoms with E-state index in [0.29, 0.717) is 39.8 Å². The number of methoxy groups -OCH3 is 3. The number of ether oxygens (including phenoxy) is 3. The van der Waals surface area contributed by atoms with Gasteiger partial charge in [-0.05, 0) is 19.2 Å². The molecule has 1 aliphatic heterocycles. The Bertz CT molecular complexity index is 1270. The molecule has 0 saturated heterocycles. The lowest BCUT2D eigenvalue weighted by atomic mass is 9.95. The Morgan fingerprint density at radius 1 is 1.12 bits per heavy atom. The van der Waals surface area contributed by atoms with Crippen LogP contribution in [0.1, 0.15) is 29.3 Å². The largest absolute Gasteiger partial charge is 0.507 e. The Balaban J connectivity index is 1.93. The molecule has 0 saturated carbocycles. The SMILES string of the molecule is COc1cc(OC)c([C@@H]2CC(c3c(O)cc(C)oc3=O)=Nc3nc(SC)nn32)cc1OC. The van der Waals surface area contributed by atoms with Crippen molar-refractivity contribution in [1.82, 2.24) is 14.8 Å². The molecule has 168 valence electrons. The van der Waals surface area contributed by atoms with E-state index < -0.39 is 11.7 Å². The molecule has 1 aromatic carbocycles. The topological polar surface area (TPSA) is 121 Å². The molecular weight excluding hydrogens is 436 g/mol. The molecule has 11 heteroatoms. The lowest BCUT2D eigenvalue weighted by Gasteiger charge is -2.25. The quantitative estimate of drug-likeness (QED) is 0.555. The van der Waals surface area contributed by atoms with Crippen molar-refractivity contribution in [2.75, 3.05) is 27.6 Å². The second-order valence-electron chi connectivity index (χ2n) is 6.98. The monoisotopic (exact) mass is 458 g/mol. The first-order chi connectivity index (χ1) is 15.4. The Kier molecular flexibility index (Phi) is 5.83. The Morgan fingerprint density at radius 3 is 2.44 bits per heavy atom. The average molecular weight is 458 g/mol. The van der Waals surface area contributed by atoms with Crippen LogP contribution in [0.15, 0.2) is 37.6 Å². The number of aromatic nitrogens is 3. The van der Waals surface area contributed by atoms with E-state index in [1.54, 1.807) is 45.1 Å². The summed E-state index contributed by atoms with van der Waals surface area (Å²) in [5.74, 6) is 1.97. The molecule has 3 heterocycles. The Morgan fingerprint density at radius 2 is 1.81 bits per heavy atom. The van der Waals surface area contributed by atoms with E-state index in [-0.39, 0.29) is 17.7 Å². The lowest BCUT2D eigenvalue weighted by Crippen LogP contribution is -2.25. The minimum absolute atomic E-state index is 0.00000459. The molecule has 0 amide bonds. The average Bonchev–Trinajstić information content (AvgIpc) is 3.20. The van der Waals surface area contributed by atoms with Crippen molar-refractivity contribution < 1.29 is 23.7 Å². The molecule has 0 spiro atoms. The summed E-state index contributed by atoms with van der Waals surface area (Å²) in [7, 11) is 4.64. The van der Waals surface area contributed by atoms with Crippen LogP contribution in [-0.2, 0) is 0 Å². The zero-order valence-corrected chi connectivity index (χ0v) is 19.0. The van der Waals surface area contributed by atoms with Crippen LogP contribution >= 0.6 is 11.8 Å². The third-order valence-corrected chi connectivity index (χ3v) is 5.67. The van der Waals surface area contributed by atoms with Gasteiger partial charge >= 0.3 is 5.63 Å². The molecule has 0 fully saturated rings. The van der Waals surface area contributed by atoms with E-state index in [0.717, 1.165) is 5.56 Å². The van der Waals surface area contributed by atoms with E-state index in [1.807, 2.05) is 6.26 Å². The third-order valence-electron chi connectivity index (χ3n) is 5.13. The molecule has 0 radical (unpaired) electrons. The molecule has 0 unspecified atom stereocenters. The fourth-order valence-corrected chi connectivity index (χ4v) is 4.02. The first-order valence-electron chi connectivity index (χ1n) is 9.62. The molecule has 1 atom stereocenters. The van der Waals surface area contributed by atoms with E-state index >= 15 is 0 Å². The van der Waals surface area contributed by atoms with Crippen molar-refractivity contribution >= 4 is 23.4 Å². The number of thioether (sulfide) groups is 1. The maximum absolute atomic E-state index is 12.6. The van der Waals surface area contributed by atoms with Crippen LogP contribution in [0.25, 0.3) is 0 Å². The van der Waals surface area contributed by atoms with Crippen molar-refractivity contribution in [3.63, 3.8) is 0 Å². The van der Waals surface area contributed by atoms with E-state index in [1.165, 1.54) is 17.8 Å². The number of aliphatic imine (C=N–C) groups is 1. The smallest absolute Gasteiger partial charge is 0.348 e. The van der Waals surface area contributed by atoms with Gasteiger partial charge in [0.25, 0.3) is 0 Å². The molecule has 2 aromatic heterocycles. The summed E-state index contributed by atoms with van der Waals surface area (Å²) in [6, 6.07) is 4.47. The minimum Gasteiger partial charge on any atom is -0.507 e. The summed E-state index contributed by atoms with van der Waals surface area (Å²) in [4.78, 5) is 21.5. The molecule has 10 nitrogen and oxygen atoms in total. The highest BCUT2D eigenvalue weighted by molar-refractivity contribution is 7.98. The number of rotatable bonds is 6. The van der Waals surface area contributed by atoms with Crippen LogP contribution in [0.2, 0.25) is 0 Å². The van der Waals surface area contributed by atoms with Crippen molar-refractivity contribution in [1.29, 1.82) is 0 Å². The predicted molar refractivity (Wildman–Crippen MR) is 118 cm³/mol. The minimum atomic E-state index is -0.669. The van der Waals surface area contributed by atoms with Crippen molar-refractivity contribution in [3.05, 3.63) is 45.5 Å². The number of aromatic hydroxyl groups is 1. The Hall–Kier alpha value is -3.47. The molecule has 4 rings (SSSR count). The standard InChI is InChI=1S/C21H22N4O6S/c1-10-6-14(26)18(19(27)31-10)12-8-13(25-20(22-12)23-21(24-25)32-5)11-7-16(29-3)17(30-4)9-15(11)28-2/h6-7,9,13,26H,8H2,1-5H3/t13-/m0/s1. The maximum Gasteiger partial charge on any atom is 0.348 e. The highest BCUT2D eigenvalue weighted by Crippen LogP contribution is 2.43. The predicted octanol–water partition coefficient (Wildman–Crippen LogP) is 3.11. The molecule has 0 aliphatic carbocycles. The Labute approximate surface area is 187 Å². The number of nitrogens with zero attached hydrogens (tertiary/aromatic N) is 4. The summed E-state index contributed by atoms with van der Waals surface area (Å²) in [6.45, 7) is 1.59. The van der Waals surface area contributed by atoms with Crippen LogP contribution in [0.5, 0.6) is 23.0 Å². The molecule has 32 heavy (non-hydrogen) atoms. The number of benzene rings is 1. The fourth-order valence-electron chi connectivity index (χ4n) is 3.68. The highest BCUT2D eigenvalue weighted by Gasteiger charge is 2.33. The van der Waals surface area contributed by atoms with Gasteiger partial charge in [0.2, 0.25) is 11.1 Å². The number of aryl methyl sites for hydroxylation is 1. The van der Waals surface area contributed by atoms with Crippen LogP contribution in [0, 0.1) is 6.92 Å². The number of fused-ring (bicyclic) bond motifs is 1. The lowest BCUT2D eigenvalue weighted by molar-refractivity contribution is 0.344. The van der Waals surface area contributed by atoms with Crippen molar-refractivity contribution in [2.24, 2.45) is 4.99 Å². The van der Waals surface area contributed by atoms with E-state index in [4.69, 9.17) is 18.6 Å². The van der Waals surface area contributed by atoms with Gasteiger partial charge in [-0.25, -0.2) is 14.5 Å². The summed E-state index contributed by atoms with van der Waals surface area (Å²) < 4.78 is 23.4. The first kappa shape index (κ1) is 21.8. The fraction of sp³-hybridized carbons (Fsp3) is 0.333. The van der Waals surface area contributed by atoms with E-state index in [2.05, 4.69) is 15.1 Å². The van der Waals surface area contributed by atoms with Gasteiger partial charge in [-0.2, -0.15) is 4.98 Å². The van der Waals surface area contributed by atoms with Gasteiger partial charge in [0.05, 0.1) is 33.1 Å².